The van der Waals surface area contributed by atoms with E-state index in [1.807, 2.05) is 0 Å². The SMILES string of the molecule is c1ccc(-c2cc(-c3ccc(C4Cc5ccccc5-c5ccccc54)cc3)cc(-c3ccc(-n4c5ccccc5c5ccccc54)cc3)c2)cc1. The highest BCUT2D eigenvalue weighted by molar-refractivity contribution is 6.09. The zero-order valence-electron chi connectivity index (χ0n) is 28.2. The molecule has 8 aromatic carbocycles. The molecule has 51 heavy (non-hydrogen) atoms. The maximum atomic E-state index is 2.38. The van der Waals surface area contributed by atoms with E-state index in [0.29, 0.717) is 5.92 Å². The highest BCUT2D eigenvalue weighted by Crippen LogP contribution is 2.43. The Morgan fingerprint density at radius 3 is 1.51 bits per heavy atom. The molecule has 0 fully saturated rings. The minimum Gasteiger partial charge on any atom is -0.309 e. The lowest BCUT2D eigenvalue weighted by molar-refractivity contribution is 0.794. The molecule has 0 N–H and O–H groups in total. The van der Waals surface area contributed by atoms with E-state index in [9.17, 15) is 0 Å². The molecule has 0 aliphatic heterocycles. The van der Waals surface area contributed by atoms with Crippen LogP contribution in [-0.2, 0) is 6.42 Å². The molecule has 1 heteroatoms. The normalized spacial score (nSPS) is 13.6. The van der Waals surface area contributed by atoms with Gasteiger partial charge in [0.1, 0.15) is 0 Å². The standard InChI is InChI=1S/C50H35N/c1-2-12-34(13-3-1)39-30-40(35-22-24-37(25-23-35)48-33-38-14-4-5-15-43(38)44-16-6-7-17-45(44)48)32-41(31-39)36-26-28-42(29-27-36)51-49-20-10-8-18-46(49)47-19-9-11-21-50(47)51/h1-32,48H,33H2. The van der Waals surface area contributed by atoms with Crippen molar-refractivity contribution >= 4 is 21.8 Å². The lowest BCUT2D eigenvalue weighted by Gasteiger charge is -2.28. The van der Waals surface area contributed by atoms with Crippen LogP contribution in [0.4, 0.5) is 0 Å². The molecule has 240 valence electrons. The fraction of sp³-hybridized carbons (Fsp3) is 0.0400. The molecule has 1 heterocycles. The van der Waals surface area contributed by atoms with Gasteiger partial charge >= 0.3 is 0 Å². The van der Waals surface area contributed by atoms with E-state index in [4.69, 9.17) is 0 Å². The van der Waals surface area contributed by atoms with E-state index in [1.54, 1.807) is 0 Å². The van der Waals surface area contributed by atoms with E-state index in [-0.39, 0.29) is 0 Å². The topological polar surface area (TPSA) is 4.93 Å². The molecular formula is C50H35N. The van der Waals surface area contributed by atoms with Gasteiger partial charge in [-0.25, -0.2) is 0 Å². The molecule has 9 aromatic rings. The van der Waals surface area contributed by atoms with Gasteiger partial charge in [0.25, 0.3) is 0 Å². The summed E-state index contributed by atoms with van der Waals surface area (Å²) in [6.45, 7) is 0. The summed E-state index contributed by atoms with van der Waals surface area (Å²) < 4.78 is 2.38. The summed E-state index contributed by atoms with van der Waals surface area (Å²) in [6.07, 6.45) is 1.02. The van der Waals surface area contributed by atoms with Gasteiger partial charge < -0.3 is 4.57 Å². The molecule has 1 nitrogen and oxygen atoms in total. The molecule has 0 amide bonds. The second-order valence-electron chi connectivity index (χ2n) is 13.7. The van der Waals surface area contributed by atoms with Crippen LogP contribution in [0.5, 0.6) is 0 Å². The monoisotopic (exact) mass is 649 g/mol. The van der Waals surface area contributed by atoms with Crippen molar-refractivity contribution in [3.63, 3.8) is 0 Å². The van der Waals surface area contributed by atoms with Gasteiger partial charge in [0.05, 0.1) is 11.0 Å². The Bertz CT molecular complexity index is 2640. The van der Waals surface area contributed by atoms with Crippen molar-refractivity contribution in [3.8, 4) is 50.2 Å². The molecular weight excluding hydrogens is 615 g/mol. The van der Waals surface area contributed by atoms with Crippen LogP contribution in [0.2, 0.25) is 0 Å². The fourth-order valence-electron chi connectivity index (χ4n) is 8.30. The lowest BCUT2D eigenvalue weighted by atomic mass is 9.75. The van der Waals surface area contributed by atoms with Crippen LogP contribution in [0.1, 0.15) is 22.6 Å². The molecule has 1 aliphatic rings. The Hall–Kier alpha value is -6.44. The smallest absolute Gasteiger partial charge is 0.0541 e. The first kappa shape index (κ1) is 29.5. The maximum absolute atomic E-state index is 2.38. The van der Waals surface area contributed by atoms with Crippen molar-refractivity contribution in [3.05, 3.63) is 211 Å². The van der Waals surface area contributed by atoms with E-state index in [1.165, 1.54) is 83.0 Å². The van der Waals surface area contributed by atoms with Gasteiger partial charge in [0, 0.05) is 22.4 Å². The van der Waals surface area contributed by atoms with Crippen molar-refractivity contribution in [1.82, 2.24) is 4.57 Å². The first-order valence-electron chi connectivity index (χ1n) is 17.9. The highest BCUT2D eigenvalue weighted by Gasteiger charge is 2.25. The number of rotatable bonds is 5. The van der Waals surface area contributed by atoms with Gasteiger partial charge in [0.2, 0.25) is 0 Å². The minimum atomic E-state index is 0.337. The molecule has 0 saturated heterocycles. The molecule has 0 bridgehead atoms. The van der Waals surface area contributed by atoms with Gasteiger partial charge in [-0.3, -0.25) is 0 Å². The predicted molar refractivity (Wildman–Crippen MR) is 215 cm³/mol. The van der Waals surface area contributed by atoms with Gasteiger partial charge in [-0.15, -0.1) is 0 Å². The summed E-state index contributed by atoms with van der Waals surface area (Å²) in [7, 11) is 0. The van der Waals surface area contributed by atoms with Gasteiger partial charge in [-0.2, -0.15) is 0 Å². The van der Waals surface area contributed by atoms with Gasteiger partial charge in [-0.05, 0) is 110 Å². The summed E-state index contributed by atoms with van der Waals surface area (Å²) in [6, 6.07) is 71.4. The summed E-state index contributed by atoms with van der Waals surface area (Å²) in [5.41, 5.74) is 17.8. The first-order valence-corrected chi connectivity index (χ1v) is 17.9. The quantitative estimate of drug-likeness (QED) is 0.175. The van der Waals surface area contributed by atoms with E-state index in [0.717, 1.165) is 12.1 Å². The molecule has 0 radical (unpaired) electrons. The second-order valence-corrected chi connectivity index (χ2v) is 13.7. The van der Waals surface area contributed by atoms with Crippen LogP contribution in [0.3, 0.4) is 0 Å². The van der Waals surface area contributed by atoms with Crippen LogP contribution in [0.25, 0.3) is 72.0 Å². The Labute approximate surface area is 298 Å². The van der Waals surface area contributed by atoms with Crippen molar-refractivity contribution in [2.75, 3.05) is 0 Å². The summed E-state index contributed by atoms with van der Waals surface area (Å²) in [5.74, 6) is 0.337. The third kappa shape index (κ3) is 5.09. The van der Waals surface area contributed by atoms with Crippen LogP contribution in [0.15, 0.2) is 194 Å². The number of benzene rings is 8. The largest absolute Gasteiger partial charge is 0.309 e. The third-order valence-corrected chi connectivity index (χ3v) is 10.8. The number of hydrogen-bond acceptors (Lipinski definition) is 0. The van der Waals surface area contributed by atoms with E-state index in [2.05, 4.69) is 199 Å². The number of hydrogen-bond donors (Lipinski definition) is 0. The molecule has 1 unspecified atom stereocenters. The number of fused-ring (bicyclic) bond motifs is 6. The molecule has 10 rings (SSSR count). The van der Waals surface area contributed by atoms with E-state index >= 15 is 0 Å². The summed E-state index contributed by atoms with van der Waals surface area (Å²) in [4.78, 5) is 0. The number of para-hydroxylation sites is 2. The molecule has 1 atom stereocenters. The summed E-state index contributed by atoms with van der Waals surface area (Å²) in [5, 5.41) is 2.56. The molecule has 0 spiro atoms. The molecule has 0 saturated carbocycles. The first-order chi connectivity index (χ1) is 25.3. The number of nitrogens with zero attached hydrogens (tertiary/aromatic N) is 1. The van der Waals surface area contributed by atoms with Gasteiger partial charge in [0.15, 0.2) is 0 Å². The Kier molecular flexibility index (Phi) is 7.03. The lowest BCUT2D eigenvalue weighted by Crippen LogP contribution is -2.12. The zero-order valence-corrected chi connectivity index (χ0v) is 28.2. The van der Waals surface area contributed by atoms with Crippen molar-refractivity contribution < 1.29 is 0 Å². The van der Waals surface area contributed by atoms with Crippen LogP contribution >= 0.6 is 0 Å². The second kappa shape index (κ2) is 12.2. The Balaban J connectivity index is 1.04. The molecule has 1 aromatic heterocycles. The average molecular weight is 650 g/mol. The predicted octanol–water partition coefficient (Wildman–Crippen LogP) is 13.1. The maximum Gasteiger partial charge on any atom is 0.0541 e. The van der Waals surface area contributed by atoms with Crippen molar-refractivity contribution in [2.24, 2.45) is 0 Å². The van der Waals surface area contributed by atoms with Crippen LogP contribution < -0.4 is 0 Å². The van der Waals surface area contributed by atoms with Gasteiger partial charge in [-0.1, -0.05) is 152 Å². The third-order valence-electron chi connectivity index (χ3n) is 10.8. The fourth-order valence-corrected chi connectivity index (χ4v) is 8.30. The highest BCUT2D eigenvalue weighted by atomic mass is 15.0. The Morgan fingerprint density at radius 1 is 0.373 bits per heavy atom. The summed E-state index contributed by atoms with van der Waals surface area (Å²) >= 11 is 0. The van der Waals surface area contributed by atoms with Crippen LogP contribution in [-0.4, -0.2) is 4.57 Å². The number of aromatic nitrogens is 1. The minimum absolute atomic E-state index is 0.337. The average Bonchev–Trinajstić information content (AvgIpc) is 3.55. The van der Waals surface area contributed by atoms with Crippen LogP contribution in [0, 0.1) is 0 Å². The molecule has 1 aliphatic carbocycles. The van der Waals surface area contributed by atoms with Crippen molar-refractivity contribution in [2.45, 2.75) is 12.3 Å². The Morgan fingerprint density at radius 2 is 0.863 bits per heavy atom. The van der Waals surface area contributed by atoms with Crippen molar-refractivity contribution in [1.29, 1.82) is 0 Å². The zero-order chi connectivity index (χ0) is 33.7. The van der Waals surface area contributed by atoms with E-state index < -0.39 is 0 Å².